The van der Waals surface area contributed by atoms with Gasteiger partial charge >= 0.3 is 11.9 Å². The lowest BCUT2D eigenvalue weighted by Gasteiger charge is -2.33. The van der Waals surface area contributed by atoms with Gasteiger partial charge in [-0.3, -0.25) is 9.59 Å². The Hall–Kier alpha value is -2.12. The normalized spacial score (nSPS) is 27.7. The van der Waals surface area contributed by atoms with Crippen LogP contribution >= 0.6 is 0 Å². The van der Waals surface area contributed by atoms with Crippen molar-refractivity contribution in [3.8, 4) is 0 Å². The van der Waals surface area contributed by atoms with Gasteiger partial charge in [0.05, 0.1) is 25.0 Å². The molecule has 0 heterocycles. The van der Waals surface area contributed by atoms with Crippen molar-refractivity contribution in [2.45, 2.75) is 65.2 Å². The molecule has 2 rings (SSSR count). The van der Waals surface area contributed by atoms with Crippen LogP contribution < -0.4 is 10.2 Å². The fourth-order valence-corrected chi connectivity index (χ4v) is 4.18. The first kappa shape index (κ1) is 23.2. The lowest BCUT2D eigenvalue weighted by Crippen LogP contribution is -2.43. The number of carboxylic acid groups (broad SMARTS) is 2. The molecule has 2 aliphatic rings. The smallest absolute Gasteiger partial charge is 0.309 e. The number of ether oxygens (including phenoxy) is 2. The average Bonchev–Trinajstić information content (AvgIpc) is 2.70. The van der Waals surface area contributed by atoms with Crippen molar-refractivity contribution in [2.75, 3.05) is 13.2 Å². The molecule has 0 aliphatic heterocycles. The van der Waals surface area contributed by atoms with E-state index < -0.39 is 53.0 Å². The minimum atomic E-state index is -1.23. The van der Waals surface area contributed by atoms with Crippen molar-refractivity contribution in [1.29, 1.82) is 0 Å². The molecule has 0 spiro atoms. The molecular weight excluding hydrogens is 380 g/mol. The lowest BCUT2D eigenvalue weighted by molar-refractivity contribution is -0.315. The van der Waals surface area contributed by atoms with Gasteiger partial charge in [-0.1, -0.05) is 39.5 Å². The van der Waals surface area contributed by atoms with Crippen LogP contribution in [0.4, 0.5) is 0 Å². The Morgan fingerprint density at radius 3 is 1.31 bits per heavy atom. The molecule has 164 valence electrons. The Kier molecular flexibility index (Phi) is 8.05. The highest BCUT2D eigenvalue weighted by molar-refractivity contribution is 5.81. The summed E-state index contributed by atoms with van der Waals surface area (Å²) in [6, 6.07) is 0. The van der Waals surface area contributed by atoms with Crippen molar-refractivity contribution < 1.29 is 38.9 Å². The summed E-state index contributed by atoms with van der Waals surface area (Å²) in [7, 11) is 0. The maximum absolute atomic E-state index is 12.4. The Morgan fingerprint density at radius 2 is 1.00 bits per heavy atom. The van der Waals surface area contributed by atoms with E-state index in [1.54, 1.807) is 13.8 Å². The predicted octanol–water partition coefficient (Wildman–Crippen LogP) is 0.212. The number of carboxylic acids is 2. The molecule has 0 aromatic carbocycles. The van der Waals surface area contributed by atoms with E-state index in [-0.39, 0.29) is 13.2 Å². The molecule has 0 aromatic rings. The number of carbonyl (C=O) groups excluding carboxylic acids is 4. The van der Waals surface area contributed by atoms with Crippen LogP contribution in [0.2, 0.25) is 0 Å². The molecule has 0 saturated heterocycles. The maximum Gasteiger partial charge on any atom is 0.309 e. The third kappa shape index (κ3) is 6.44. The van der Waals surface area contributed by atoms with Gasteiger partial charge in [0.15, 0.2) is 0 Å². The first-order valence-electron chi connectivity index (χ1n) is 10.4. The third-order valence-electron chi connectivity index (χ3n) is 5.95. The molecule has 0 aromatic heterocycles. The summed E-state index contributed by atoms with van der Waals surface area (Å²) in [5.74, 6) is -6.67. The highest BCUT2D eigenvalue weighted by Gasteiger charge is 2.36. The van der Waals surface area contributed by atoms with Crippen LogP contribution in [0.25, 0.3) is 0 Å². The summed E-state index contributed by atoms with van der Waals surface area (Å²) in [5, 5.41) is 22.5. The minimum absolute atomic E-state index is 0.0377. The van der Waals surface area contributed by atoms with Gasteiger partial charge in [0.25, 0.3) is 0 Å². The molecule has 0 amide bonds. The highest BCUT2D eigenvalue weighted by Crippen LogP contribution is 2.33. The van der Waals surface area contributed by atoms with Gasteiger partial charge in [0.1, 0.15) is 0 Å². The quantitative estimate of drug-likeness (QED) is 0.519. The zero-order chi connectivity index (χ0) is 21.6. The Morgan fingerprint density at radius 1 is 0.690 bits per heavy atom. The zero-order valence-corrected chi connectivity index (χ0v) is 17.1. The molecule has 0 N–H and O–H groups in total. The average molecular weight is 410 g/mol. The summed E-state index contributed by atoms with van der Waals surface area (Å²) in [6.07, 6.45) is 4.76. The van der Waals surface area contributed by atoms with E-state index in [4.69, 9.17) is 9.47 Å². The van der Waals surface area contributed by atoms with E-state index >= 15 is 0 Å². The second-order valence-electron chi connectivity index (χ2n) is 9.01. The van der Waals surface area contributed by atoms with Gasteiger partial charge in [-0.05, 0) is 25.7 Å². The molecule has 2 fully saturated rings. The van der Waals surface area contributed by atoms with Crippen LogP contribution in [0.1, 0.15) is 65.2 Å². The van der Waals surface area contributed by atoms with E-state index in [9.17, 15) is 29.4 Å². The summed E-state index contributed by atoms with van der Waals surface area (Å²) >= 11 is 0. The van der Waals surface area contributed by atoms with Crippen molar-refractivity contribution in [3.05, 3.63) is 0 Å². The van der Waals surface area contributed by atoms with Crippen LogP contribution in [-0.4, -0.2) is 37.1 Å². The third-order valence-corrected chi connectivity index (χ3v) is 5.95. The Balaban J connectivity index is 1.84. The monoisotopic (exact) mass is 410 g/mol. The number of hydrogen-bond donors (Lipinski definition) is 0. The molecule has 0 bridgehead atoms. The number of esters is 2. The zero-order valence-electron chi connectivity index (χ0n) is 17.1. The van der Waals surface area contributed by atoms with Crippen molar-refractivity contribution in [2.24, 2.45) is 29.1 Å². The summed E-state index contributed by atoms with van der Waals surface area (Å²) in [4.78, 5) is 47.2. The number of hydrogen-bond acceptors (Lipinski definition) is 8. The first-order valence-corrected chi connectivity index (χ1v) is 10.4. The fourth-order valence-electron chi connectivity index (χ4n) is 4.18. The van der Waals surface area contributed by atoms with Crippen molar-refractivity contribution in [1.82, 2.24) is 0 Å². The first-order chi connectivity index (χ1) is 13.6. The molecule has 0 radical (unpaired) electrons. The predicted molar refractivity (Wildman–Crippen MR) is 96.6 cm³/mol. The molecule has 8 nitrogen and oxygen atoms in total. The molecule has 8 heteroatoms. The standard InChI is InChI=1S/C21H32O8/c1-21(2,11-28-19(26)15-9-5-3-7-13(15)17(22)23)12-29-20(27)16-10-6-4-8-14(16)18(24)25/h13-16H,3-12H2,1-2H3,(H,22,23)(H,24,25)/p-2. The van der Waals surface area contributed by atoms with Gasteiger partial charge in [-0.2, -0.15) is 0 Å². The van der Waals surface area contributed by atoms with Gasteiger partial charge in [0, 0.05) is 29.2 Å². The number of rotatable bonds is 8. The Bertz CT molecular complexity index is 574. The second-order valence-corrected chi connectivity index (χ2v) is 9.01. The van der Waals surface area contributed by atoms with Gasteiger partial charge in [-0.25, -0.2) is 0 Å². The molecule has 29 heavy (non-hydrogen) atoms. The minimum Gasteiger partial charge on any atom is -0.550 e. The van der Waals surface area contributed by atoms with Crippen LogP contribution in [0, 0.1) is 29.1 Å². The van der Waals surface area contributed by atoms with E-state index in [2.05, 4.69) is 0 Å². The van der Waals surface area contributed by atoms with Crippen LogP contribution in [0.15, 0.2) is 0 Å². The highest BCUT2D eigenvalue weighted by atomic mass is 16.5. The van der Waals surface area contributed by atoms with Crippen LogP contribution in [-0.2, 0) is 28.7 Å². The second kappa shape index (κ2) is 10.1. The number of carbonyl (C=O) groups is 4. The topological polar surface area (TPSA) is 133 Å². The summed E-state index contributed by atoms with van der Waals surface area (Å²) in [5.41, 5.74) is -0.692. The van der Waals surface area contributed by atoms with Crippen molar-refractivity contribution >= 4 is 23.9 Å². The van der Waals surface area contributed by atoms with Crippen molar-refractivity contribution in [3.63, 3.8) is 0 Å². The van der Waals surface area contributed by atoms with E-state index in [0.717, 1.165) is 25.7 Å². The SMILES string of the molecule is CC(C)(COC(=O)C1CCCCC1C(=O)[O-])COC(=O)C1CCCCC1C(=O)[O-]. The number of aliphatic carboxylic acids is 2. The maximum atomic E-state index is 12.4. The van der Waals surface area contributed by atoms with Gasteiger partial charge in [-0.15, -0.1) is 0 Å². The molecule has 4 unspecified atom stereocenters. The Labute approximate surface area is 170 Å². The van der Waals surface area contributed by atoms with E-state index in [1.807, 2.05) is 0 Å². The van der Waals surface area contributed by atoms with E-state index in [0.29, 0.717) is 25.7 Å². The largest absolute Gasteiger partial charge is 0.550 e. The lowest BCUT2D eigenvalue weighted by atomic mass is 9.79. The molecule has 2 aliphatic carbocycles. The van der Waals surface area contributed by atoms with Gasteiger partial charge < -0.3 is 29.3 Å². The van der Waals surface area contributed by atoms with Crippen LogP contribution in [0.5, 0.6) is 0 Å². The molecule has 4 atom stereocenters. The molecule has 2 saturated carbocycles. The molecular formula is C21H30O8-2. The summed E-state index contributed by atoms with van der Waals surface area (Å²) < 4.78 is 10.7. The fraction of sp³-hybridized carbons (Fsp3) is 0.810. The van der Waals surface area contributed by atoms with Gasteiger partial charge in [0.2, 0.25) is 0 Å². The van der Waals surface area contributed by atoms with E-state index in [1.165, 1.54) is 0 Å². The summed E-state index contributed by atoms with van der Waals surface area (Å²) in [6.45, 7) is 3.43. The van der Waals surface area contributed by atoms with Crippen LogP contribution in [0.3, 0.4) is 0 Å².